The van der Waals surface area contributed by atoms with Gasteiger partial charge in [0, 0.05) is 47.5 Å². The van der Waals surface area contributed by atoms with E-state index in [1.165, 1.54) is 6.07 Å². The van der Waals surface area contributed by atoms with E-state index in [4.69, 9.17) is 23.2 Å². The minimum atomic E-state index is -1.04. The van der Waals surface area contributed by atoms with E-state index in [1.807, 2.05) is 0 Å². The smallest absolute Gasteiger partial charge is 0.321 e. The lowest BCUT2D eigenvalue weighted by molar-refractivity contribution is -0.139. The second kappa shape index (κ2) is 7.09. The predicted octanol–water partition coefficient (Wildman–Crippen LogP) is 2.65. The molecule has 2 aromatic rings. The number of aromatic nitrogens is 2. The van der Waals surface area contributed by atoms with Gasteiger partial charge >= 0.3 is 5.97 Å². The van der Waals surface area contributed by atoms with Gasteiger partial charge in [-0.15, -0.1) is 0 Å². The number of carboxylic acids is 1. The molecule has 0 radical (unpaired) electrons. The summed E-state index contributed by atoms with van der Waals surface area (Å²) < 4.78 is 15.4. The normalized spacial score (nSPS) is 12.4. The first-order valence-electron chi connectivity index (χ1n) is 6.45. The van der Waals surface area contributed by atoms with Gasteiger partial charge in [0.15, 0.2) is 0 Å². The van der Waals surface area contributed by atoms with Crippen molar-refractivity contribution in [3.05, 3.63) is 51.5 Å². The monoisotopic (exact) mass is 345 g/mol. The van der Waals surface area contributed by atoms with E-state index >= 15 is 0 Å². The quantitative estimate of drug-likeness (QED) is 0.844. The fraction of sp³-hybridized carbons (Fsp3) is 0.286. The van der Waals surface area contributed by atoms with Crippen molar-refractivity contribution in [2.24, 2.45) is 7.05 Å². The van der Waals surface area contributed by atoms with Crippen molar-refractivity contribution in [2.45, 2.75) is 19.0 Å². The van der Waals surface area contributed by atoms with Crippen LogP contribution in [0.2, 0.25) is 10.0 Å². The molecule has 0 fully saturated rings. The Balaban J connectivity index is 2.10. The van der Waals surface area contributed by atoms with Gasteiger partial charge in [-0.05, 0) is 18.2 Å². The van der Waals surface area contributed by atoms with Crippen LogP contribution in [0.4, 0.5) is 4.39 Å². The van der Waals surface area contributed by atoms with Gasteiger partial charge in [-0.3, -0.25) is 14.8 Å². The third-order valence-electron chi connectivity index (χ3n) is 3.26. The van der Waals surface area contributed by atoms with E-state index in [1.54, 1.807) is 24.0 Å². The minimum Gasteiger partial charge on any atom is -0.480 e. The number of aliphatic carboxylic acids is 1. The molecule has 0 aliphatic carbocycles. The summed E-state index contributed by atoms with van der Waals surface area (Å²) in [6.45, 7) is -0.0172. The molecule has 118 valence electrons. The molecule has 0 aliphatic heterocycles. The van der Waals surface area contributed by atoms with E-state index < -0.39 is 17.8 Å². The number of aryl methyl sites for hydroxylation is 1. The molecule has 8 heteroatoms. The van der Waals surface area contributed by atoms with Gasteiger partial charge in [0.25, 0.3) is 0 Å². The maximum Gasteiger partial charge on any atom is 0.321 e. The van der Waals surface area contributed by atoms with Crippen molar-refractivity contribution in [3.63, 3.8) is 0 Å². The first kappa shape index (κ1) is 16.7. The lowest BCUT2D eigenvalue weighted by Crippen LogP contribution is -2.38. The zero-order valence-electron chi connectivity index (χ0n) is 11.7. The Morgan fingerprint density at radius 1 is 1.50 bits per heavy atom. The Bertz CT molecular complexity index is 667. The molecule has 0 bridgehead atoms. The van der Waals surface area contributed by atoms with E-state index in [9.17, 15) is 14.3 Å². The average molecular weight is 346 g/mol. The fourth-order valence-corrected chi connectivity index (χ4v) is 2.56. The fourth-order valence-electron chi connectivity index (χ4n) is 2.02. The molecule has 1 aromatic carbocycles. The number of hydrogen-bond acceptors (Lipinski definition) is 3. The molecule has 1 heterocycles. The van der Waals surface area contributed by atoms with Crippen LogP contribution in [0.25, 0.3) is 0 Å². The highest BCUT2D eigenvalue weighted by atomic mass is 35.5. The van der Waals surface area contributed by atoms with Gasteiger partial charge < -0.3 is 5.11 Å². The van der Waals surface area contributed by atoms with Crippen LogP contribution in [0.1, 0.15) is 11.3 Å². The summed E-state index contributed by atoms with van der Waals surface area (Å²) in [5.41, 5.74) is 0.935. The maximum atomic E-state index is 13.8. The molecule has 1 atom stereocenters. The summed E-state index contributed by atoms with van der Waals surface area (Å²) in [6.07, 6.45) is 1.81. The third kappa shape index (κ3) is 3.97. The first-order chi connectivity index (χ1) is 10.4. The van der Waals surface area contributed by atoms with Crippen LogP contribution < -0.4 is 5.32 Å². The van der Waals surface area contributed by atoms with Crippen molar-refractivity contribution in [1.29, 1.82) is 0 Å². The molecule has 0 aliphatic rings. The van der Waals surface area contributed by atoms with Crippen LogP contribution >= 0.6 is 23.2 Å². The Morgan fingerprint density at radius 3 is 2.77 bits per heavy atom. The van der Waals surface area contributed by atoms with E-state index in [0.717, 1.165) is 11.8 Å². The molecule has 1 aromatic heterocycles. The average Bonchev–Trinajstić information content (AvgIpc) is 2.81. The summed E-state index contributed by atoms with van der Waals surface area (Å²) in [5.74, 6) is -1.61. The molecule has 2 rings (SSSR count). The van der Waals surface area contributed by atoms with Gasteiger partial charge in [-0.1, -0.05) is 23.2 Å². The van der Waals surface area contributed by atoms with E-state index in [-0.39, 0.29) is 28.6 Å². The van der Waals surface area contributed by atoms with E-state index in [0.29, 0.717) is 0 Å². The molecule has 0 saturated carbocycles. The van der Waals surface area contributed by atoms with Gasteiger partial charge in [0.1, 0.15) is 11.9 Å². The highest BCUT2D eigenvalue weighted by Gasteiger charge is 2.20. The summed E-state index contributed by atoms with van der Waals surface area (Å²) in [5, 5.41) is 16.4. The number of carboxylic acid groups (broad SMARTS) is 1. The highest BCUT2D eigenvalue weighted by Crippen LogP contribution is 2.24. The lowest BCUT2D eigenvalue weighted by Gasteiger charge is -2.15. The van der Waals surface area contributed by atoms with Crippen LogP contribution in [0.5, 0.6) is 0 Å². The van der Waals surface area contributed by atoms with Gasteiger partial charge in [-0.2, -0.15) is 5.10 Å². The van der Waals surface area contributed by atoms with Crippen molar-refractivity contribution >= 4 is 29.2 Å². The van der Waals surface area contributed by atoms with Crippen LogP contribution in [0, 0.1) is 5.82 Å². The lowest BCUT2D eigenvalue weighted by atomic mass is 10.1. The minimum absolute atomic E-state index is 0.0172. The third-order valence-corrected chi connectivity index (χ3v) is 3.82. The molecule has 0 amide bonds. The zero-order valence-corrected chi connectivity index (χ0v) is 13.2. The molecule has 5 nitrogen and oxygen atoms in total. The Labute approximate surface area is 136 Å². The SMILES string of the molecule is Cn1nccc1CC(NCc1c(F)cc(Cl)cc1Cl)C(=O)O. The highest BCUT2D eigenvalue weighted by molar-refractivity contribution is 6.35. The predicted molar refractivity (Wildman–Crippen MR) is 81.6 cm³/mol. The first-order valence-corrected chi connectivity index (χ1v) is 7.20. The summed E-state index contributed by atoms with van der Waals surface area (Å²) in [7, 11) is 1.73. The van der Waals surface area contributed by atoms with Crippen LogP contribution in [0.3, 0.4) is 0 Å². The van der Waals surface area contributed by atoms with Crippen molar-refractivity contribution in [1.82, 2.24) is 15.1 Å². The number of hydrogen-bond donors (Lipinski definition) is 2. The number of halogens is 3. The summed E-state index contributed by atoms with van der Waals surface area (Å²) >= 11 is 11.6. The second-order valence-electron chi connectivity index (χ2n) is 4.77. The number of carbonyl (C=O) groups is 1. The van der Waals surface area contributed by atoms with Crippen LogP contribution in [-0.2, 0) is 24.8 Å². The van der Waals surface area contributed by atoms with E-state index in [2.05, 4.69) is 10.4 Å². The van der Waals surface area contributed by atoms with Crippen LogP contribution in [-0.4, -0.2) is 26.9 Å². The number of benzene rings is 1. The van der Waals surface area contributed by atoms with Gasteiger partial charge in [-0.25, -0.2) is 4.39 Å². The molecule has 1 unspecified atom stereocenters. The van der Waals surface area contributed by atoms with Crippen molar-refractivity contribution < 1.29 is 14.3 Å². The van der Waals surface area contributed by atoms with Crippen molar-refractivity contribution in [2.75, 3.05) is 0 Å². The van der Waals surface area contributed by atoms with Gasteiger partial charge in [0.2, 0.25) is 0 Å². The second-order valence-corrected chi connectivity index (χ2v) is 5.61. The van der Waals surface area contributed by atoms with Crippen LogP contribution in [0.15, 0.2) is 24.4 Å². The Hall–Kier alpha value is -1.63. The summed E-state index contributed by atoms with van der Waals surface area (Å²) in [6, 6.07) is 3.40. The summed E-state index contributed by atoms with van der Waals surface area (Å²) in [4.78, 5) is 11.3. The number of nitrogens with zero attached hydrogens (tertiary/aromatic N) is 2. The van der Waals surface area contributed by atoms with Crippen molar-refractivity contribution in [3.8, 4) is 0 Å². The molecular formula is C14H14Cl2FN3O2. The topological polar surface area (TPSA) is 67.2 Å². The molecular weight excluding hydrogens is 332 g/mol. The molecule has 0 spiro atoms. The standard InChI is InChI=1S/C14H14Cl2FN3O2/c1-20-9(2-3-19-20)6-13(14(21)22)18-7-10-11(16)4-8(15)5-12(10)17/h2-5,13,18H,6-7H2,1H3,(H,21,22). The van der Waals surface area contributed by atoms with Gasteiger partial charge in [0.05, 0.1) is 0 Å². The molecule has 22 heavy (non-hydrogen) atoms. The largest absolute Gasteiger partial charge is 0.480 e. The number of rotatable bonds is 6. The molecule has 0 saturated heterocycles. The zero-order chi connectivity index (χ0) is 16.3. The Kier molecular flexibility index (Phi) is 5.39. The maximum absolute atomic E-state index is 13.8. The Morgan fingerprint density at radius 2 is 2.23 bits per heavy atom. The number of nitrogens with one attached hydrogen (secondary N) is 1. The molecule has 2 N–H and O–H groups in total.